The standard InChI is InChI=1S/C21H21N5O/c1-27-19-8-4-15(5-9-19)3-2-11-23-21-24-20(25-26-21)17-6-7-18-14-22-12-10-16(18)13-17/h4-10,12-14H,2-3,11H2,1H3,(H2,23,24,25,26). The van der Waals surface area contributed by atoms with Gasteiger partial charge in [-0.25, -0.2) is 0 Å². The Kier molecular flexibility index (Phi) is 4.96. The minimum absolute atomic E-state index is 0.620. The maximum Gasteiger partial charge on any atom is 0.242 e. The zero-order chi connectivity index (χ0) is 18.5. The smallest absolute Gasteiger partial charge is 0.242 e. The van der Waals surface area contributed by atoms with Crippen molar-refractivity contribution in [3.63, 3.8) is 0 Å². The van der Waals surface area contributed by atoms with Crippen LogP contribution >= 0.6 is 0 Å². The molecule has 0 saturated heterocycles. The molecule has 2 N–H and O–H groups in total. The van der Waals surface area contributed by atoms with E-state index < -0.39 is 0 Å². The van der Waals surface area contributed by atoms with Crippen LogP contribution in [-0.2, 0) is 6.42 Å². The summed E-state index contributed by atoms with van der Waals surface area (Å²) in [7, 11) is 1.68. The van der Waals surface area contributed by atoms with Crippen molar-refractivity contribution in [2.24, 2.45) is 0 Å². The van der Waals surface area contributed by atoms with E-state index in [-0.39, 0.29) is 0 Å². The van der Waals surface area contributed by atoms with Crippen LogP contribution in [0, 0.1) is 0 Å². The number of aryl methyl sites for hydroxylation is 1. The van der Waals surface area contributed by atoms with Crippen molar-refractivity contribution < 1.29 is 4.74 Å². The second-order valence-electron chi connectivity index (χ2n) is 6.32. The molecule has 0 aliphatic rings. The lowest BCUT2D eigenvalue weighted by molar-refractivity contribution is 0.414. The summed E-state index contributed by atoms with van der Waals surface area (Å²) >= 11 is 0. The Morgan fingerprint density at radius 3 is 2.78 bits per heavy atom. The third kappa shape index (κ3) is 4.06. The first kappa shape index (κ1) is 17.0. The normalized spacial score (nSPS) is 10.9. The summed E-state index contributed by atoms with van der Waals surface area (Å²) in [5.41, 5.74) is 2.30. The van der Waals surface area contributed by atoms with Crippen LogP contribution in [0.5, 0.6) is 5.75 Å². The molecule has 0 aliphatic carbocycles. The number of anilines is 1. The number of rotatable bonds is 7. The zero-order valence-corrected chi connectivity index (χ0v) is 15.1. The summed E-state index contributed by atoms with van der Waals surface area (Å²) in [6, 6.07) is 16.3. The van der Waals surface area contributed by atoms with Crippen LogP contribution in [0.1, 0.15) is 12.0 Å². The largest absolute Gasteiger partial charge is 0.497 e. The number of hydrogen-bond donors (Lipinski definition) is 2. The highest BCUT2D eigenvalue weighted by Crippen LogP contribution is 2.21. The number of ether oxygens (including phenoxy) is 1. The molecule has 2 aromatic carbocycles. The molecule has 0 saturated carbocycles. The van der Waals surface area contributed by atoms with Gasteiger partial charge in [-0.3, -0.25) is 10.1 Å². The Bertz CT molecular complexity index is 1030. The molecule has 0 aliphatic heterocycles. The van der Waals surface area contributed by atoms with Crippen molar-refractivity contribution in [3.05, 3.63) is 66.5 Å². The van der Waals surface area contributed by atoms with Crippen LogP contribution in [0.2, 0.25) is 0 Å². The van der Waals surface area contributed by atoms with E-state index in [1.165, 1.54) is 5.56 Å². The summed E-state index contributed by atoms with van der Waals surface area (Å²) in [6.07, 6.45) is 5.64. The fourth-order valence-electron chi connectivity index (χ4n) is 2.99. The number of fused-ring (bicyclic) bond motifs is 1. The van der Waals surface area contributed by atoms with E-state index in [0.717, 1.165) is 47.3 Å². The predicted molar refractivity (Wildman–Crippen MR) is 107 cm³/mol. The highest BCUT2D eigenvalue weighted by atomic mass is 16.5. The molecule has 0 spiro atoms. The van der Waals surface area contributed by atoms with Crippen molar-refractivity contribution in [2.75, 3.05) is 19.0 Å². The molecule has 0 fully saturated rings. The molecule has 6 heteroatoms. The van der Waals surface area contributed by atoms with Crippen LogP contribution in [-0.4, -0.2) is 33.8 Å². The minimum atomic E-state index is 0.620. The molecular formula is C21H21N5O. The molecule has 2 heterocycles. The van der Waals surface area contributed by atoms with Crippen LogP contribution in [0.4, 0.5) is 5.95 Å². The molecule has 4 rings (SSSR count). The fraction of sp³-hybridized carbons (Fsp3) is 0.190. The lowest BCUT2D eigenvalue weighted by Crippen LogP contribution is -2.04. The number of nitrogens with zero attached hydrogens (tertiary/aromatic N) is 3. The van der Waals surface area contributed by atoms with Gasteiger partial charge in [-0.1, -0.05) is 24.3 Å². The minimum Gasteiger partial charge on any atom is -0.497 e. The molecule has 0 radical (unpaired) electrons. The number of benzene rings is 2. The summed E-state index contributed by atoms with van der Waals surface area (Å²) in [5.74, 6) is 2.26. The Labute approximate surface area is 157 Å². The highest BCUT2D eigenvalue weighted by molar-refractivity contribution is 5.85. The van der Waals surface area contributed by atoms with E-state index in [0.29, 0.717) is 5.95 Å². The maximum absolute atomic E-state index is 5.18. The molecule has 27 heavy (non-hydrogen) atoms. The summed E-state index contributed by atoms with van der Waals surface area (Å²) < 4.78 is 5.18. The van der Waals surface area contributed by atoms with Crippen molar-refractivity contribution in [3.8, 4) is 17.1 Å². The lowest BCUT2D eigenvalue weighted by atomic mass is 10.1. The van der Waals surface area contributed by atoms with Gasteiger partial charge in [0.15, 0.2) is 5.82 Å². The fourth-order valence-corrected chi connectivity index (χ4v) is 2.99. The van der Waals surface area contributed by atoms with Gasteiger partial charge in [-0.2, -0.15) is 4.98 Å². The molecule has 0 bridgehead atoms. The second-order valence-corrected chi connectivity index (χ2v) is 6.32. The van der Waals surface area contributed by atoms with Gasteiger partial charge in [-0.05, 0) is 48.1 Å². The molecule has 4 aromatic rings. The summed E-state index contributed by atoms with van der Waals surface area (Å²) in [6.45, 7) is 0.812. The van der Waals surface area contributed by atoms with Gasteiger partial charge < -0.3 is 10.1 Å². The van der Waals surface area contributed by atoms with Gasteiger partial charge in [0.1, 0.15) is 5.75 Å². The van der Waals surface area contributed by atoms with E-state index in [1.807, 2.05) is 36.5 Å². The van der Waals surface area contributed by atoms with Gasteiger partial charge in [0.25, 0.3) is 0 Å². The van der Waals surface area contributed by atoms with Crippen molar-refractivity contribution >= 4 is 16.7 Å². The second kappa shape index (κ2) is 7.86. The van der Waals surface area contributed by atoms with Crippen LogP contribution in [0.25, 0.3) is 22.2 Å². The predicted octanol–water partition coefficient (Wildman–Crippen LogP) is 4.07. The van der Waals surface area contributed by atoms with Crippen molar-refractivity contribution in [1.29, 1.82) is 0 Å². The highest BCUT2D eigenvalue weighted by Gasteiger charge is 2.06. The van der Waals surface area contributed by atoms with E-state index in [4.69, 9.17) is 4.74 Å². The first-order chi connectivity index (χ1) is 13.3. The number of H-pyrrole nitrogens is 1. The van der Waals surface area contributed by atoms with Crippen LogP contribution in [0.15, 0.2) is 60.9 Å². The topological polar surface area (TPSA) is 75.7 Å². The first-order valence-corrected chi connectivity index (χ1v) is 8.95. The van der Waals surface area contributed by atoms with Crippen molar-refractivity contribution in [2.45, 2.75) is 12.8 Å². The SMILES string of the molecule is COc1ccc(CCCNc2n[nH]c(-c3ccc4cnccc4c3)n2)cc1. The van der Waals surface area contributed by atoms with Crippen LogP contribution in [0.3, 0.4) is 0 Å². The van der Waals surface area contributed by atoms with Crippen LogP contribution < -0.4 is 10.1 Å². The van der Waals surface area contributed by atoms with Gasteiger partial charge in [0.2, 0.25) is 5.95 Å². The number of aromatic amines is 1. The van der Waals surface area contributed by atoms with Gasteiger partial charge in [0.05, 0.1) is 7.11 Å². The van der Waals surface area contributed by atoms with Crippen molar-refractivity contribution in [1.82, 2.24) is 20.2 Å². The van der Waals surface area contributed by atoms with Gasteiger partial charge >= 0.3 is 0 Å². The van der Waals surface area contributed by atoms with Gasteiger partial charge in [-0.15, -0.1) is 5.10 Å². The monoisotopic (exact) mass is 359 g/mol. The molecule has 136 valence electrons. The number of pyridine rings is 1. The molecule has 0 atom stereocenters. The number of aromatic nitrogens is 4. The summed E-state index contributed by atoms with van der Waals surface area (Å²) in [5, 5.41) is 12.8. The number of hydrogen-bond acceptors (Lipinski definition) is 5. The molecule has 0 unspecified atom stereocenters. The van der Waals surface area contributed by atoms with E-state index in [1.54, 1.807) is 13.3 Å². The molecule has 2 aromatic heterocycles. The molecule has 6 nitrogen and oxygen atoms in total. The average Bonchev–Trinajstić information content (AvgIpc) is 3.20. The third-order valence-electron chi connectivity index (χ3n) is 4.48. The quantitative estimate of drug-likeness (QED) is 0.487. The Morgan fingerprint density at radius 2 is 1.93 bits per heavy atom. The van der Waals surface area contributed by atoms with Gasteiger partial charge in [0, 0.05) is 29.9 Å². The number of methoxy groups -OCH3 is 1. The Balaban J connectivity index is 1.33. The first-order valence-electron chi connectivity index (χ1n) is 8.95. The lowest BCUT2D eigenvalue weighted by Gasteiger charge is -2.04. The average molecular weight is 359 g/mol. The molecular weight excluding hydrogens is 338 g/mol. The Hall–Kier alpha value is -3.41. The van der Waals surface area contributed by atoms with E-state index in [9.17, 15) is 0 Å². The maximum atomic E-state index is 5.18. The summed E-state index contributed by atoms with van der Waals surface area (Å²) in [4.78, 5) is 8.68. The zero-order valence-electron chi connectivity index (χ0n) is 15.1. The van der Waals surface area contributed by atoms with E-state index in [2.05, 4.69) is 43.7 Å². The molecule has 0 amide bonds. The third-order valence-corrected chi connectivity index (χ3v) is 4.48. The number of nitrogens with one attached hydrogen (secondary N) is 2. The Morgan fingerprint density at radius 1 is 1.04 bits per heavy atom. The van der Waals surface area contributed by atoms with E-state index >= 15 is 0 Å².